The van der Waals surface area contributed by atoms with Gasteiger partial charge in [-0.2, -0.15) is 0 Å². The fraction of sp³-hybridized carbons (Fsp3) is 0.538. The van der Waals surface area contributed by atoms with Crippen molar-refractivity contribution in [3.63, 3.8) is 0 Å². The van der Waals surface area contributed by atoms with Gasteiger partial charge in [0.15, 0.2) is 0 Å². The molecule has 0 aliphatic heterocycles. The van der Waals surface area contributed by atoms with Crippen molar-refractivity contribution in [2.45, 2.75) is 30.6 Å². The zero-order chi connectivity index (χ0) is 15.3. The van der Waals surface area contributed by atoms with Crippen LogP contribution in [0, 0.1) is 21.4 Å². The Balaban J connectivity index is 1.78. The fourth-order valence-electron chi connectivity index (χ4n) is 2.76. The minimum absolute atomic E-state index is 0.0457. The molecule has 1 aromatic rings. The predicted molar refractivity (Wildman–Crippen MR) is 77.1 cm³/mol. The number of nitro benzene ring substituents is 1. The molecule has 114 valence electrons. The van der Waals surface area contributed by atoms with Crippen molar-refractivity contribution in [2.24, 2.45) is 11.3 Å². The first-order valence-corrected chi connectivity index (χ1v) is 8.36. The van der Waals surface area contributed by atoms with Crippen LogP contribution in [0.3, 0.4) is 0 Å². The van der Waals surface area contributed by atoms with E-state index in [9.17, 15) is 18.5 Å². The molecular weight excluding hydrogens is 294 g/mol. The van der Waals surface area contributed by atoms with E-state index in [0.29, 0.717) is 12.5 Å². The molecule has 8 heteroatoms. The number of nitro groups is 1. The van der Waals surface area contributed by atoms with Crippen LogP contribution in [0.2, 0.25) is 0 Å². The van der Waals surface area contributed by atoms with Gasteiger partial charge < -0.3 is 5.73 Å². The topological polar surface area (TPSA) is 115 Å². The molecule has 0 radical (unpaired) electrons. The average molecular weight is 311 g/mol. The molecule has 0 bridgehead atoms. The summed E-state index contributed by atoms with van der Waals surface area (Å²) in [6, 6.07) is 3.55. The minimum atomic E-state index is -3.74. The van der Waals surface area contributed by atoms with Gasteiger partial charge in [0.25, 0.3) is 5.69 Å². The third-order valence-corrected chi connectivity index (χ3v) is 5.86. The number of sulfonamides is 1. The van der Waals surface area contributed by atoms with E-state index in [0.717, 1.165) is 18.9 Å². The van der Waals surface area contributed by atoms with Crippen LogP contribution < -0.4 is 10.5 Å². The van der Waals surface area contributed by atoms with E-state index in [4.69, 9.17) is 5.73 Å². The molecule has 0 heterocycles. The lowest BCUT2D eigenvalue weighted by Crippen LogP contribution is -2.31. The van der Waals surface area contributed by atoms with Crippen LogP contribution in [0.4, 0.5) is 11.4 Å². The maximum Gasteiger partial charge on any atom is 0.293 e. The van der Waals surface area contributed by atoms with Gasteiger partial charge in [0.05, 0.1) is 9.82 Å². The Bertz CT molecular complexity index is 693. The van der Waals surface area contributed by atoms with E-state index in [2.05, 4.69) is 4.72 Å². The Morgan fingerprint density at radius 2 is 2.05 bits per heavy atom. The van der Waals surface area contributed by atoms with Gasteiger partial charge in [0.2, 0.25) is 10.0 Å². The first-order valence-electron chi connectivity index (χ1n) is 6.88. The van der Waals surface area contributed by atoms with E-state index < -0.39 is 14.9 Å². The van der Waals surface area contributed by atoms with Gasteiger partial charge >= 0.3 is 0 Å². The number of nitrogen functional groups attached to an aromatic ring is 1. The first kappa shape index (κ1) is 14.3. The van der Waals surface area contributed by atoms with Crippen LogP contribution in [-0.2, 0) is 10.0 Å². The van der Waals surface area contributed by atoms with Gasteiger partial charge in [0.1, 0.15) is 5.69 Å². The van der Waals surface area contributed by atoms with E-state index in [1.807, 2.05) is 0 Å². The summed E-state index contributed by atoms with van der Waals surface area (Å²) >= 11 is 0. The smallest absolute Gasteiger partial charge is 0.293 e. The molecule has 3 N–H and O–H groups in total. The molecule has 0 amide bonds. The molecule has 2 fully saturated rings. The number of nitrogens with one attached hydrogen (secondary N) is 1. The number of benzene rings is 1. The van der Waals surface area contributed by atoms with Gasteiger partial charge in [0, 0.05) is 12.6 Å². The van der Waals surface area contributed by atoms with Crippen molar-refractivity contribution >= 4 is 21.4 Å². The van der Waals surface area contributed by atoms with Crippen molar-refractivity contribution in [3.05, 3.63) is 28.3 Å². The number of anilines is 1. The molecule has 1 aromatic carbocycles. The normalized spacial score (nSPS) is 20.2. The maximum absolute atomic E-state index is 12.3. The molecule has 0 spiro atoms. The van der Waals surface area contributed by atoms with Gasteiger partial charge in [-0.1, -0.05) is 0 Å². The van der Waals surface area contributed by atoms with Crippen molar-refractivity contribution in [2.75, 3.05) is 12.3 Å². The van der Waals surface area contributed by atoms with Gasteiger partial charge in [-0.15, -0.1) is 0 Å². The summed E-state index contributed by atoms with van der Waals surface area (Å²) in [7, 11) is -3.74. The summed E-state index contributed by atoms with van der Waals surface area (Å²) in [5, 5.41) is 10.8. The molecule has 3 rings (SSSR count). The Labute approximate surface area is 122 Å². The highest BCUT2D eigenvalue weighted by Crippen LogP contribution is 2.60. The highest BCUT2D eigenvalue weighted by molar-refractivity contribution is 7.89. The van der Waals surface area contributed by atoms with E-state index in [1.54, 1.807) is 0 Å². The molecule has 21 heavy (non-hydrogen) atoms. The van der Waals surface area contributed by atoms with E-state index in [-0.39, 0.29) is 21.7 Å². The monoisotopic (exact) mass is 311 g/mol. The van der Waals surface area contributed by atoms with Gasteiger partial charge in [-0.05, 0) is 49.1 Å². The zero-order valence-corrected chi connectivity index (χ0v) is 12.2. The van der Waals surface area contributed by atoms with Crippen LogP contribution in [-0.4, -0.2) is 19.9 Å². The summed E-state index contributed by atoms with van der Waals surface area (Å²) in [4.78, 5) is 10.0. The van der Waals surface area contributed by atoms with E-state index >= 15 is 0 Å². The predicted octanol–water partition coefficient (Wildman–Crippen LogP) is 1.65. The number of hydrogen-bond donors (Lipinski definition) is 2. The molecule has 7 nitrogen and oxygen atoms in total. The number of nitrogens with zero attached hydrogens (tertiary/aromatic N) is 1. The van der Waals surface area contributed by atoms with Crippen LogP contribution in [0.5, 0.6) is 0 Å². The Morgan fingerprint density at radius 1 is 1.38 bits per heavy atom. The second-order valence-corrected chi connectivity index (χ2v) is 7.71. The van der Waals surface area contributed by atoms with Gasteiger partial charge in [-0.25, -0.2) is 13.1 Å². The van der Waals surface area contributed by atoms with Gasteiger partial charge in [-0.3, -0.25) is 10.1 Å². The quantitative estimate of drug-likeness (QED) is 0.471. The Hall–Kier alpha value is -1.67. The third-order valence-electron chi connectivity index (χ3n) is 4.46. The summed E-state index contributed by atoms with van der Waals surface area (Å²) in [5.41, 5.74) is 5.18. The molecule has 0 unspecified atom stereocenters. The maximum atomic E-state index is 12.3. The molecule has 2 aliphatic rings. The number of nitrogens with two attached hydrogens (primary N) is 1. The minimum Gasteiger partial charge on any atom is -0.393 e. The largest absolute Gasteiger partial charge is 0.393 e. The van der Waals surface area contributed by atoms with Crippen molar-refractivity contribution in [1.29, 1.82) is 0 Å². The average Bonchev–Trinajstić information content (AvgIpc) is 3.27. The lowest BCUT2D eigenvalue weighted by atomic mass is 10.0. The third kappa shape index (κ3) is 2.73. The number of rotatable bonds is 6. The van der Waals surface area contributed by atoms with Crippen LogP contribution in [0.15, 0.2) is 23.1 Å². The summed E-state index contributed by atoms with van der Waals surface area (Å²) in [5.74, 6) is 0.640. The van der Waals surface area contributed by atoms with Crippen LogP contribution in [0.25, 0.3) is 0 Å². The lowest BCUT2D eigenvalue weighted by molar-refractivity contribution is -0.384. The summed E-state index contributed by atoms with van der Waals surface area (Å²) in [6.45, 7) is 0.415. The second-order valence-electron chi connectivity index (χ2n) is 5.94. The molecule has 2 aliphatic carbocycles. The second kappa shape index (κ2) is 4.67. The molecule has 0 aromatic heterocycles. The summed E-state index contributed by atoms with van der Waals surface area (Å²) < 4.78 is 27.1. The molecule has 2 saturated carbocycles. The zero-order valence-electron chi connectivity index (χ0n) is 11.4. The molecular formula is C13H17N3O4S. The standard InChI is InChI=1S/C13H17N3O4S/c14-11-4-3-10(7-12(11)16(17)18)21(19,20)15-8-13(5-6-13)9-1-2-9/h3-4,7,9,15H,1-2,5-6,8,14H2. The highest BCUT2D eigenvalue weighted by atomic mass is 32.2. The molecule has 0 saturated heterocycles. The first-order chi connectivity index (χ1) is 9.84. The molecule has 0 atom stereocenters. The summed E-state index contributed by atoms with van der Waals surface area (Å²) in [6.07, 6.45) is 4.47. The van der Waals surface area contributed by atoms with Crippen molar-refractivity contribution in [3.8, 4) is 0 Å². The SMILES string of the molecule is Nc1ccc(S(=O)(=O)NCC2(C3CC3)CC2)cc1[N+](=O)[O-]. The van der Waals surface area contributed by atoms with Crippen LogP contribution >= 0.6 is 0 Å². The van der Waals surface area contributed by atoms with Crippen LogP contribution in [0.1, 0.15) is 25.7 Å². The Kier molecular flexibility index (Phi) is 3.18. The Morgan fingerprint density at radius 3 is 2.57 bits per heavy atom. The number of hydrogen-bond acceptors (Lipinski definition) is 5. The van der Waals surface area contributed by atoms with Crippen molar-refractivity contribution < 1.29 is 13.3 Å². The fourth-order valence-corrected chi connectivity index (χ4v) is 3.91. The highest BCUT2D eigenvalue weighted by Gasteiger charge is 2.53. The lowest BCUT2D eigenvalue weighted by Gasteiger charge is -2.15. The van der Waals surface area contributed by atoms with Crippen molar-refractivity contribution in [1.82, 2.24) is 4.72 Å². The van der Waals surface area contributed by atoms with E-state index in [1.165, 1.54) is 25.0 Å².